The Labute approximate surface area is 175 Å². The summed E-state index contributed by atoms with van der Waals surface area (Å²) in [6.45, 7) is -0.0958. The maximum Gasteiger partial charge on any atom is 0.259 e. The zero-order chi connectivity index (χ0) is 21.8. The van der Waals surface area contributed by atoms with Crippen LogP contribution in [0.3, 0.4) is 0 Å². The number of carbonyl (C=O) groups is 2. The molecule has 0 heterocycles. The lowest BCUT2D eigenvalue weighted by Gasteiger charge is -2.14. The minimum Gasteiger partial charge on any atom is -0.484 e. The van der Waals surface area contributed by atoms with Gasteiger partial charge >= 0.3 is 0 Å². The molecule has 0 saturated carbocycles. The molecule has 2 rings (SSSR count). The van der Waals surface area contributed by atoms with Crippen molar-refractivity contribution in [2.75, 3.05) is 40.1 Å². The van der Waals surface area contributed by atoms with Crippen LogP contribution in [0.1, 0.15) is 10.4 Å². The average Bonchev–Trinajstić information content (AvgIpc) is 2.67. The van der Waals surface area contributed by atoms with Crippen molar-refractivity contribution in [1.82, 2.24) is 9.21 Å². The summed E-state index contributed by atoms with van der Waals surface area (Å²) >= 11 is 6.08. The molecule has 2 aromatic rings. The van der Waals surface area contributed by atoms with Crippen molar-refractivity contribution in [2.45, 2.75) is 4.90 Å². The molecular weight excluding hydrogens is 418 g/mol. The number of ether oxygens (including phenoxy) is 1. The van der Waals surface area contributed by atoms with Crippen LogP contribution in [0.25, 0.3) is 0 Å². The number of sulfonamides is 1. The van der Waals surface area contributed by atoms with Gasteiger partial charge in [-0.3, -0.25) is 9.59 Å². The van der Waals surface area contributed by atoms with Crippen LogP contribution in [0, 0.1) is 0 Å². The molecule has 0 aliphatic rings. The number of nitrogens with zero attached hydrogens (tertiary/aromatic N) is 2. The van der Waals surface area contributed by atoms with E-state index >= 15 is 0 Å². The predicted octanol–water partition coefficient (Wildman–Crippen LogP) is 2.31. The monoisotopic (exact) mass is 439 g/mol. The van der Waals surface area contributed by atoms with Crippen LogP contribution in [0.5, 0.6) is 5.75 Å². The molecule has 0 unspecified atom stereocenters. The van der Waals surface area contributed by atoms with Gasteiger partial charge in [0.2, 0.25) is 10.0 Å². The Morgan fingerprint density at radius 3 is 2.21 bits per heavy atom. The average molecular weight is 440 g/mol. The summed E-state index contributed by atoms with van der Waals surface area (Å²) in [5.74, 6) is -0.262. The van der Waals surface area contributed by atoms with Gasteiger partial charge in [0.25, 0.3) is 11.8 Å². The van der Waals surface area contributed by atoms with Gasteiger partial charge in [-0.2, -0.15) is 0 Å². The van der Waals surface area contributed by atoms with Gasteiger partial charge in [0.1, 0.15) is 5.75 Å². The summed E-state index contributed by atoms with van der Waals surface area (Å²) in [4.78, 5) is 25.5. The summed E-state index contributed by atoms with van der Waals surface area (Å²) in [7, 11) is 2.37. The van der Waals surface area contributed by atoms with E-state index in [0.29, 0.717) is 11.4 Å². The Bertz CT molecular complexity index is 1010. The fourth-order valence-corrected chi connectivity index (χ4v) is 3.29. The third kappa shape index (κ3) is 5.69. The molecule has 0 bridgehead atoms. The number of hydrogen-bond acceptors (Lipinski definition) is 5. The Morgan fingerprint density at radius 1 is 1.03 bits per heavy atom. The van der Waals surface area contributed by atoms with E-state index in [4.69, 9.17) is 16.3 Å². The highest BCUT2D eigenvalue weighted by atomic mass is 35.5. The third-order valence-corrected chi connectivity index (χ3v) is 6.07. The Morgan fingerprint density at radius 2 is 1.66 bits per heavy atom. The van der Waals surface area contributed by atoms with Crippen LogP contribution < -0.4 is 10.1 Å². The van der Waals surface area contributed by atoms with E-state index in [0.717, 1.165) is 4.31 Å². The molecule has 1 N–H and O–H groups in total. The number of amides is 2. The number of rotatable bonds is 7. The molecule has 0 radical (unpaired) electrons. The molecule has 2 amide bonds. The second-order valence-electron chi connectivity index (χ2n) is 6.48. The van der Waals surface area contributed by atoms with Gasteiger partial charge in [-0.05, 0) is 42.5 Å². The zero-order valence-electron chi connectivity index (χ0n) is 16.5. The first kappa shape index (κ1) is 22.7. The van der Waals surface area contributed by atoms with Gasteiger partial charge in [-0.1, -0.05) is 11.6 Å². The molecule has 29 heavy (non-hydrogen) atoms. The second-order valence-corrected chi connectivity index (χ2v) is 9.04. The number of benzene rings is 2. The van der Waals surface area contributed by atoms with E-state index < -0.39 is 15.9 Å². The minimum atomic E-state index is -3.70. The van der Waals surface area contributed by atoms with Crippen LogP contribution in [0.4, 0.5) is 5.69 Å². The first-order valence-electron chi connectivity index (χ1n) is 8.49. The summed E-state index contributed by atoms with van der Waals surface area (Å²) in [6.07, 6.45) is 0. The van der Waals surface area contributed by atoms with Crippen molar-refractivity contribution < 1.29 is 22.7 Å². The van der Waals surface area contributed by atoms with Crippen molar-refractivity contribution in [3.63, 3.8) is 0 Å². The zero-order valence-corrected chi connectivity index (χ0v) is 18.0. The van der Waals surface area contributed by atoms with Crippen molar-refractivity contribution >= 4 is 39.1 Å². The molecule has 0 saturated heterocycles. The van der Waals surface area contributed by atoms with E-state index in [-0.39, 0.29) is 28.0 Å². The highest BCUT2D eigenvalue weighted by Crippen LogP contribution is 2.24. The second kappa shape index (κ2) is 9.25. The molecule has 0 spiro atoms. The number of anilines is 1. The first-order chi connectivity index (χ1) is 13.5. The molecule has 10 heteroatoms. The summed E-state index contributed by atoms with van der Waals surface area (Å²) in [5, 5.41) is 2.78. The van der Waals surface area contributed by atoms with Gasteiger partial charge in [-0.25, -0.2) is 12.7 Å². The lowest BCUT2D eigenvalue weighted by Crippen LogP contribution is -2.27. The molecule has 156 valence electrons. The van der Waals surface area contributed by atoms with Crippen molar-refractivity contribution in [1.29, 1.82) is 0 Å². The Balaban J connectivity index is 2.13. The number of nitrogens with one attached hydrogen (secondary N) is 1. The largest absolute Gasteiger partial charge is 0.484 e. The highest BCUT2D eigenvalue weighted by Gasteiger charge is 2.21. The molecule has 0 fully saturated rings. The number of likely N-dealkylation sites (N-methyl/N-ethyl adjacent to an activating group) is 1. The Kier molecular flexibility index (Phi) is 7.23. The number of hydrogen-bond donors (Lipinski definition) is 1. The Hall–Kier alpha value is -2.62. The van der Waals surface area contributed by atoms with Crippen molar-refractivity contribution in [3.05, 3.63) is 53.1 Å². The van der Waals surface area contributed by atoms with Crippen LogP contribution in [-0.4, -0.2) is 64.2 Å². The molecule has 0 aliphatic carbocycles. The van der Waals surface area contributed by atoms with Gasteiger partial charge in [0, 0.05) is 33.9 Å². The number of halogens is 1. The van der Waals surface area contributed by atoms with E-state index in [2.05, 4.69) is 5.32 Å². The fraction of sp³-hybridized carbons (Fsp3) is 0.263. The van der Waals surface area contributed by atoms with Gasteiger partial charge in [-0.15, -0.1) is 0 Å². The van der Waals surface area contributed by atoms with E-state index in [1.165, 1.54) is 37.2 Å². The van der Waals surface area contributed by atoms with Gasteiger partial charge in [0.15, 0.2) is 6.61 Å². The molecule has 0 aliphatic heterocycles. The third-order valence-electron chi connectivity index (χ3n) is 3.93. The van der Waals surface area contributed by atoms with E-state index in [1.54, 1.807) is 38.4 Å². The molecular formula is C19H22ClN3O5S. The summed E-state index contributed by atoms with van der Waals surface area (Å²) < 4.78 is 31.0. The fourth-order valence-electron chi connectivity index (χ4n) is 2.16. The van der Waals surface area contributed by atoms with Crippen LogP contribution in [0.15, 0.2) is 47.4 Å². The maximum absolute atomic E-state index is 12.6. The summed E-state index contributed by atoms with van der Waals surface area (Å²) in [6, 6.07) is 10.3. The molecule has 0 aromatic heterocycles. The first-order valence-corrected chi connectivity index (χ1v) is 10.3. The molecule has 8 nitrogen and oxygen atoms in total. The lowest BCUT2D eigenvalue weighted by atomic mass is 10.2. The maximum atomic E-state index is 12.6. The quantitative estimate of drug-likeness (QED) is 0.714. The van der Waals surface area contributed by atoms with E-state index in [9.17, 15) is 18.0 Å². The smallest absolute Gasteiger partial charge is 0.259 e. The van der Waals surface area contributed by atoms with Gasteiger partial charge in [0.05, 0.1) is 15.5 Å². The minimum absolute atomic E-state index is 0.0338. The van der Waals surface area contributed by atoms with Gasteiger partial charge < -0.3 is 15.0 Å². The standard InChI is InChI=1S/C19H22ClN3O5S/c1-22(2)18(24)12-28-14-7-5-13(6-8-14)21-19(25)16-11-15(9-10-17(16)20)29(26,27)23(3)4/h5-11H,12H2,1-4H3,(H,21,25). The SMILES string of the molecule is CN(C)C(=O)COc1ccc(NC(=O)c2cc(S(=O)(=O)N(C)C)ccc2Cl)cc1. The predicted molar refractivity (Wildman–Crippen MR) is 111 cm³/mol. The normalized spacial score (nSPS) is 11.2. The molecule has 0 atom stereocenters. The van der Waals surface area contributed by atoms with Crippen LogP contribution in [-0.2, 0) is 14.8 Å². The van der Waals surface area contributed by atoms with Crippen molar-refractivity contribution in [2.24, 2.45) is 0 Å². The lowest BCUT2D eigenvalue weighted by molar-refractivity contribution is -0.130. The summed E-state index contributed by atoms with van der Waals surface area (Å²) in [5.41, 5.74) is 0.490. The van der Waals surface area contributed by atoms with Crippen LogP contribution >= 0.6 is 11.6 Å². The van der Waals surface area contributed by atoms with Crippen LogP contribution in [0.2, 0.25) is 5.02 Å². The number of carbonyl (C=O) groups excluding carboxylic acids is 2. The highest BCUT2D eigenvalue weighted by molar-refractivity contribution is 7.89. The van der Waals surface area contributed by atoms with E-state index in [1.807, 2.05) is 0 Å². The van der Waals surface area contributed by atoms with Crippen molar-refractivity contribution in [3.8, 4) is 5.75 Å². The molecule has 2 aromatic carbocycles. The topological polar surface area (TPSA) is 96.0 Å².